The van der Waals surface area contributed by atoms with E-state index in [1.807, 2.05) is 6.20 Å². The number of nitrogens with zero attached hydrogens (tertiary/aromatic N) is 3. The lowest BCUT2D eigenvalue weighted by atomic mass is 9.91. The van der Waals surface area contributed by atoms with E-state index in [1.165, 1.54) is 41.6 Å². The summed E-state index contributed by atoms with van der Waals surface area (Å²) in [6, 6.07) is 16.0. The first-order chi connectivity index (χ1) is 19.6. The summed E-state index contributed by atoms with van der Waals surface area (Å²) < 4.78 is 16.9. The van der Waals surface area contributed by atoms with Crippen LogP contribution in [0.4, 0.5) is 5.69 Å². The summed E-state index contributed by atoms with van der Waals surface area (Å²) in [5.41, 5.74) is 6.26. The van der Waals surface area contributed by atoms with Gasteiger partial charge in [0.05, 0.1) is 14.9 Å². The van der Waals surface area contributed by atoms with Gasteiger partial charge in [-0.1, -0.05) is 82.8 Å². The Morgan fingerprint density at radius 2 is 1.78 bits per heavy atom. The molecule has 222 valence electrons. The first kappa shape index (κ1) is 33.3. The lowest BCUT2D eigenvalue weighted by Crippen LogP contribution is -2.20. The van der Waals surface area contributed by atoms with Gasteiger partial charge < -0.3 is 4.90 Å². The van der Waals surface area contributed by atoms with Gasteiger partial charge in [-0.2, -0.15) is 4.40 Å². The monoisotopic (exact) mass is 613 g/mol. The first-order valence-electron chi connectivity index (χ1n) is 14.7. The number of aromatic nitrogens is 1. The Balaban J connectivity index is 1.66. The number of hydrogen-bond acceptors (Lipinski definition) is 3. The lowest BCUT2D eigenvalue weighted by molar-refractivity contribution is 0.430. The molecule has 1 heterocycles. The molecule has 4 nitrogen and oxygen atoms in total. The molecule has 0 aliphatic heterocycles. The molecule has 0 N–H and O–H groups in total. The van der Waals surface area contributed by atoms with E-state index in [9.17, 15) is 4.21 Å². The minimum absolute atomic E-state index is 0.148. The molecule has 3 unspecified atom stereocenters. The molecule has 0 saturated heterocycles. The minimum Gasteiger partial charge on any atom is -0.375 e. The molecule has 0 bridgehead atoms. The van der Waals surface area contributed by atoms with Crippen LogP contribution in [0.2, 0.25) is 10.0 Å². The van der Waals surface area contributed by atoms with Gasteiger partial charge >= 0.3 is 0 Å². The highest BCUT2D eigenvalue weighted by atomic mass is 35.5. The van der Waals surface area contributed by atoms with Crippen LogP contribution in [0.15, 0.2) is 64.0 Å². The fraction of sp³-hybridized carbons (Fsp3) is 0.471. The van der Waals surface area contributed by atoms with E-state index in [2.05, 4.69) is 81.3 Å². The Hall–Kier alpha value is -2.21. The van der Waals surface area contributed by atoms with Gasteiger partial charge in [0, 0.05) is 43.3 Å². The van der Waals surface area contributed by atoms with Crippen molar-refractivity contribution in [2.75, 3.05) is 18.5 Å². The van der Waals surface area contributed by atoms with Crippen molar-refractivity contribution in [2.45, 2.75) is 84.0 Å². The highest BCUT2D eigenvalue weighted by Gasteiger charge is 2.15. The van der Waals surface area contributed by atoms with E-state index in [0.29, 0.717) is 21.4 Å². The number of halogens is 2. The molecule has 0 saturated carbocycles. The highest BCUT2D eigenvalue weighted by Crippen LogP contribution is 2.28. The van der Waals surface area contributed by atoms with Crippen molar-refractivity contribution in [1.29, 1.82) is 0 Å². The molecule has 3 atom stereocenters. The Morgan fingerprint density at radius 1 is 1.00 bits per heavy atom. The molecular formula is C34H45Cl2N3OS. The van der Waals surface area contributed by atoms with Crippen LogP contribution < -0.4 is 4.90 Å². The van der Waals surface area contributed by atoms with Gasteiger partial charge in [0.15, 0.2) is 11.0 Å². The number of rotatable bonds is 15. The molecule has 1 aromatic heterocycles. The van der Waals surface area contributed by atoms with Crippen LogP contribution in [-0.2, 0) is 23.8 Å². The lowest BCUT2D eigenvalue weighted by Gasteiger charge is -2.23. The van der Waals surface area contributed by atoms with E-state index in [4.69, 9.17) is 28.2 Å². The van der Waals surface area contributed by atoms with E-state index < -0.39 is 11.0 Å². The molecule has 7 heteroatoms. The summed E-state index contributed by atoms with van der Waals surface area (Å²) in [4.78, 5) is 7.68. The van der Waals surface area contributed by atoms with Crippen molar-refractivity contribution in [3.63, 3.8) is 0 Å². The van der Waals surface area contributed by atoms with Gasteiger partial charge in [0.2, 0.25) is 0 Å². The van der Waals surface area contributed by atoms with Crippen LogP contribution in [-0.4, -0.2) is 29.0 Å². The zero-order valence-electron chi connectivity index (χ0n) is 25.4. The second-order valence-electron chi connectivity index (χ2n) is 11.6. The third-order valence-corrected chi connectivity index (χ3v) is 9.41. The van der Waals surface area contributed by atoms with Crippen LogP contribution in [0.1, 0.15) is 88.6 Å². The third-order valence-electron chi connectivity index (χ3n) is 7.67. The van der Waals surface area contributed by atoms with Gasteiger partial charge in [-0.15, -0.1) is 0 Å². The molecule has 2 aromatic carbocycles. The van der Waals surface area contributed by atoms with Gasteiger partial charge in [-0.05, 0) is 90.6 Å². The van der Waals surface area contributed by atoms with Gasteiger partial charge in [-0.3, -0.25) is 4.98 Å². The molecule has 3 rings (SSSR count). The normalized spacial score (nSPS) is 14.0. The van der Waals surface area contributed by atoms with Crippen molar-refractivity contribution >= 4 is 46.1 Å². The SMILES string of the molecule is CCc1c(Cc2cccc(N(C)CCC(C)CCC(C)C)c2)ccnc1C(C)CC=NS(=O)c1ccc(Cl)c(Cl)c1. The van der Waals surface area contributed by atoms with Crippen LogP contribution in [0.25, 0.3) is 0 Å². The van der Waals surface area contributed by atoms with Crippen LogP contribution in [0, 0.1) is 11.8 Å². The molecule has 0 amide bonds. The van der Waals surface area contributed by atoms with Crippen molar-refractivity contribution < 1.29 is 4.21 Å². The summed E-state index contributed by atoms with van der Waals surface area (Å²) in [7, 11) is 0.678. The Morgan fingerprint density at radius 3 is 2.49 bits per heavy atom. The minimum atomic E-state index is -1.52. The Bertz CT molecular complexity index is 1330. The predicted molar refractivity (Wildman–Crippen MR) is 178 cm³/mol. The smallest absolute Gasteiger partial charge is 0.172 e. The second-order valence-corrected chi connectivity index (χ2v) is 13.6. The van der Waals surface area contributed by atoms with Crippen molar-refractivity contribution in [1.82, 2.24) is 4.98 Å². The maximum absolute atomic E-state index is 12.6. The molecule has 41 heavy (non-hydrogen) atoms. The van der Waals surface area contributed by atoms with Gasteiger partial charge in [0.1, 0.15) is 0 Å². The van der Waals surface area contributed by atoms with Crippen molar-refractivity contribution in [3.8, 4) is 0 Å². The maximum atomic E-state index is 12.6. The predicted octanol–water partition coefficient (Wildman–Crippen LogP) is 9.73. The van der Waals surface area contributed by atoms with Crippen LogP contribution >= 0.6 is 23.2 Å². The van der Waals surface area contributed by atoms with E-state index in [0.717, 1.165) is 36.9 Å². The number of hydrogen-bond donors (Lipinski definition) is 0. The first-order valence-corrected chi connectivity index (χ1v) is 16.6. The fourth-order valence-corrected chi connectivity index (χ4v) is 6.11. The molecule has 3 aromatic rings. The fourth-order valence-electron chi connectivity index (χ4n) is 5.00. The summed E-state index contributed by atoms with van der Waals surface area (Å²) in [5, 5.41) is 0.808. The topological polar surface area (TPSA) is 45.6 Å². The van der Waals surface area contributed by atoms with Gasteiger partial charge in [-0.25, -0.2) is 4.21 Å². The summed E-state index contributed by atoms with van der Waals surface area (Å²) in [6.45, 7) is 12.4. The van der Waals surface area contributed by atoms with E-state index >= 15 is 0 Å². The average Bonchev–Trinajstić information content (AvgIpc) is 2.96. The summed E-state index contributed by atoms with van der Waals surface area (Å²) in [5.74, 6) is 1.67. The van der Waals surface area contributed by atoms with Gasteiger partial charge in [0.25, 0.3) is 0 Å². The maximum Gasteiger partial charge on any atom is 0.172 e. The number of benzene rings is 2. The molecule has 0 fully saturated rings. The van der Waals surface area contributed by atoms with E-state index in [-0.39, 0.29) is 5.92 Å². The molecule has 0 aliphatic rings. The Labute approximate surface area is 260 Å². The summed E-state index contributed by atoms with van der Waals surface area (Å²) >= 11 is 12.0. The standard InChI is InChI=1S/C34H45Cl2N3OS/c1-7-31-28(21-27-9-8-10-29(22-27)39(6)20-17-25(4)12-11-24(2)3)16-18-37-34(31)26(5)15-19-38-41(40)30-13-14-32(35)33(36)23-30/h8-10,13-14,16,18-19,22-26H,7,11-12,15,17,20-21H2,1-6H3. The highest BCUT2D eigenvalue weighted by molar-refractivity contribution is 7.83. The average molecular weight is 615 g/mol. The Kier molecular flexibility index (Phi) is 13.3. The molecule has 0 aliphatic carbocycles. The third kappa shape index (κ3) is 10.2. The largest absolute Gasteiger partial charge is 0.375 e. The number of pyridine rings is 1. The zero-order valence-corrected chi connectivity index (χ0v) is 27.7. The molecule has 0 radical (unpaired) electrons. The quantitative estimate of drug-likeness (QED) is 0.160. The molecular weight excluding hydrogens is 569 g/mol. The zero-order chi connectivity index (χ0) is 29.9. The van der Waals surface area contributed by atoms with Crippen LogP contribution in [0.5, 0.6) is 0 Å². The van der Waals surface area contributed by atoms with E-state index in [1.54, 1.807) is 24.4 Å². The van der Waals surface area contributed by atoms with Crippen LogP contribution in [0.3, 0.4) is 0 Å². The molecule has 0 spiro atoms. The summed E-state index contributed by atoms with van der Waals surface area (Å²) in [6.07, 6.45) is 9.89. The van der Waals surface area contributed by atoms with Crippen molar-refractivity contribution in [3.05, 3.63) is 87.2 Å². The second kappa shape index (κ2) is 16.4. The number of anilines is 1. The van der Waals surface area contributed by atoms with Crippen molar-refractivity contribution in [2.24, 2.45) is 16.2 Å².